The number of nitrogens with zero attached hydrogens (tertiary/aromatic N) is 2. The van der Waals surface area contributed by atoms with Gasteiger partial charge in [0.1, 0.15) is 0 Å². The molecule has 108 valence electrons. The zero-order valence-electron chi connectivity index (χ0n) is 12.0. The second-order valence-electron chi connectivity index (χ2n) is 4.29. The molecule has 4 nitrogen and oxygen atoms in total. The summed E-state index contributed by atoms with van der Waals surface area (Å²) in [4.78, 5) is 0. The van der Waals surface area contributed by atoms with Gasteiger partial charge < -0.3 is 10.4 Å². The highest BCUT2D eigenvalue weighted by molar-refractivity contribution is 5.56. The highest BCUT2D eigenvalue weighted by Gasteiger charge is 1.84. The zero-order valence-corrected chi connectivity index (χ0v) is 12.0. The summed E-state index contributed by atoms with van der Waals surface area (Å²) >= 11 is 0. The first-order valence-electron chi connectivity index (χ1n) is 7.15. The summed E-state index contributed by atoms with van der Waals surface area (Å²) in [5, 5.41) is 21.8. The quantitative estimate of drug-likeness (QED) is 0.255. The maximum absolute atomic E-state index is 7.99. The molecule has 0 spiro atoms. The van der Waals surface area contributed by atoms with Crippen molar-refractivity contribution in [3.63, 3.8) is 0 Å². The van der Waals surface area contributed by atoms with Crippen molar-refractivity contribution in [2.24, 2.45) is 10.3 Å². The maximum Gasteiger partial charge on any atom is 0.0435 e. The molecule has 0 fully saturated rings. The van der Waals surface area contributed by atoms with Gasteiger partial charge in [0.2, 0.25) is 0 Å². The molecule has 0 saturated heterocycles. The molecule has 4 heteroatoms. The molecule has 0 rings (SSSR count). The first-order valence-corrected chi connectivity index (χ1v) is 7.15. The van der Waals surface area contributed by atoms with Crippen LogP contribution in [0.15, 0.2) is 10.3 Å². The normalized spacial score (nSPS) is 10.8. The number of unbranched alkanes of at least 4 members (excludes halogenated alkanes) is 8. The van der Waals surface area contributed by atoms with Gasteiger partial charge in [-0.2, -0.15) is 0 Å². The number of oxime groups is 2. The fourth-order valence-corrected chi connectivity index (χ4v) is 1.44. The first-order chi connectivity index (χ1) is 8.83. The van der Waals surface area contributed by atoms with Crippen molar-refractivity contribution in [3.05, 3.63) is 0 Å². The summed E-state index contributed by atoms with van der Waals surface area (Å²) in [7, 11) is 0. The molecular formula is C14H30N2O2. The summed E-state index contributed by atoms with van der Waals surface area (Å²) in [6, 6.07) is 0. The van der Waals surface area contributed by atoms with Crippen LogP contribution in [0.25, 0.3) is 0 Å². The van der Waals surface area contributed by atoms with Gasteiger partial charge in [0, 0.05) is 12.4 Å². The predicted octanol–water partition coefficient (Wildman–Crippen LogP) is 4.83. The minimum atomic E-state index is 0.913. The van der Waals surface area contributed by atoms with Crippen LogP contribution in [0.3, 0.4) is 0 Å². The Labute approximate surface area is 112 Å². The molecule has 0 aromatic rings. The molecule has 0 aliphatic heterocycles. The van der Waals surface area contributed by atoms with Gasteiger partial charge in [-0.05, 0) is 25.7 Å². The van der Waals surface area contributed by atoms with Crippen LogP contribution >= 0.6 is 0 Å². The largest absolute Gasteiger partial charge is 0.411 e. The third-order valence-electron chi connectivity index (χ3n) is 2.54. The van der Waals surface area contributed by atoms with Crippen LogP contribution in [0.4, 0.5) is 0 Å². The van der Waals surface area contributed by atoms with E-state index in [4.69, 9.17) is 10.4 Å². The summed E-state index contributed by atoms with van der Waals surface area (Å²) in [5.41, 5.74) is 0. The van der Waals surface area contributed by atoms with Crippen molar-refractivity contribution >= 4 is 12.4 Å². The number of hydrogen-bond donors (Lipinski definition) is 2. The highest BCUT2D eigenvalue weighted by atomic mass is 16.4. The van der Waals surface area contributed by atoms with Gasteiger partial charge in [0.15, 0.2) is 0 Å². The summed E-state index contributed by atoms with van der Waals surface area (Å²) in [6.45, 7) is 4.36. The summed E-state index contributed by atoms with van der Waals surface area (Å²) < 4.78 is 0. The monoisotopic (exact) mass is 258 g/mol. The Kier molecular flexibility index (Phi) is 22.8. The van der Waals surface area contributed by atoms with Gasteiger partial charge in [0.25, 0.3) is 0 Å². The van der Waals surface area contributed by atoms with Crippen LogP contribution in [0, 0.1) is 0 Å². The van der Waals surface area contributed by atoms with E-state index in [0.717, 1.165) is 25.7 Å². The molecule has 18 heavy (non-hydrogen) atoms. The Morgan fingerprint density at radius 1 is 0.667 bits per heavy atom. The first kappa shape index (κ1) is 19.3. The van der Waals surface area contributed by atoms with Gasteiger partial charge in [-0.25, -0.2) is 0 Å². The van der Waals surface area contributed by atoms with Crippen molar-refractivity contribution in [1.82, 2.24) is 0 Å². The zero-order chi connectivity index (χ0) is 13.9. The van der Waals surface area contributed by atoms with E-state index in [9.17, 15) is 0 Å². The lowest BCUT2D eigenvalue weighted by molar-refractivity contribution is 0.320. The molecule has 0 aliphatic rings. The van der Waals surface area contributed by atoms with Gasteiger partial charge >= 0.3 is 0 Å². The van der Waals surface area contributed by atoms with Crippen LogP contribution in [0.2, 0.25) is 0 Å². The number of hydrogen-bond acceptors (Lipinski definition) is 4. The van der Waals surface area contributed by atoms with Crippen molar-refractivity contribution < 1.29 is 10.4 Å². The molecule has 0 amide bonds. The van der Waals surface area contributed by atoms with Crippen molar-refractivity contribution in [2.75, 3.05) is 0 Å². The van der Waals surface area contributed by atoms with Crippen molar-refractivity contribution in [1.29, 1.82) is 0 Å². The topological polar surface area (TPSA) is 65.2 Å². The lowest BCUT2D eigenvalue weighted by Gasteiger charge is -1.91. The van der Waals surface area contributed by atoms with E-state index in [2.05, 4.69) is 24.2 Å². The van der Waals surface area contributed by atoms with Crippen molar-refractivity contribution in [3.8, 4) is 0 Å². The van der Waals surface area contributed by atoms with Gasteiger partial charge in [-0.15, -0.1) is 10.3 Å². The fraction of sp³-hybridized carbons (Fsp3) is 0.857. The van der Waals surface area contributed by atoms with E-state index in [-0.39, 0.29) is 0 Å². The Morgan fingerprint density at radius 3 is 1.33 bits per heavy atom. The Bertz CT molecular complexity index is 163. The van der Waals surface area contributed by atoms with Gasteiger partial charge in [0.05, 0.1) is 0 Å². The molecule has 0 aromatic heterocycles. The minimum absolute atomic E-state index is 0.913. The average molecular weight is 258 g/mol. The Hall–Kier alpha value is -1.06. The fourth-order valence-electron chi connectivity index (χ4n) is 1.44. The molecule has 0 saturated carbocycles. The Morgan fingerprint density at radius 2 is 1.06 bits per heavy atom. The predicted molar refractivity (Wildman–Crippen MR) is 78.1 cm³/mol. The molecule has 0 unspecified atom stereocenters. The van der Waals surface area contributed by atoms with Gasteiger partial charge in [-0.1, -0.05) is 52.4 Å². The van der Waals surface area contributed by atoms with E-state index in [1.165, 1.54) is 38.5 Å². The van der Waals surface area contributed by atoms with Crippen molar-refractivity contribution in [2.45, 2.75) is 78.1 Å². The molecule has 0 heterocycles. The van der Waals surface area contributed by atoms with Crippen LogP contribution < -0.4 is 0 Å². The molecule has 0 atom stereocenters. The van der Waals surface area contributed by atoms with E-state index in [1.54, 1.807) is 12.4 Å². The average Bonchev–Trinajstić information content (AvgIpc) is 2.39. The van der Waals surface area contributed by atoms with E-state index in [0.29, 0.717) is 0 Å². The van der Waals surface area contributed by atoms with E-state index >= 15 is 0 Å². The second-order valence-corrected chi connectivity index (χ2v) is 4.29. The smallest absolute Gasteiger partial charge is 0.0435 e. The second kappa shape index (κ2) is 21.2. The SMILES string of the molecule is CCCCCCC=NO.CCCCCCC=NO. The third kappa shape index (κ3) is 24.3. The molecular weight excluding hydrogens is 228 g/mol. The maximum atomic E-state index is 7.99. The summed E-state index contributed by atoms with van der Waals surface area (Å²) in [5.74, 6) is 0. The molecule has 0 bridgehead atoms. The van der Waals surface area contributed by atoms with Crippen LogP contribution in [-0.4, -0.2) is 22.8 Å². The molecule has 2 N–H and O–H groups in total. The number of rotatable bonds is 10. The minimum Gasteiger partial charge on any atom is -0.411 e. The van der Waals surface area contributed by atoms with Crippen LogP contribution in [0.1, 0.15) is 78.1 Å². The highest BCUT2D eigenvalue weighted by Crippen LogP contribution is 2.00. The lowest BCUT2D eigenvalue weighted by Crippen LogP contribution is -1.77. The Balaban J connectivity index is 0. The molecule has 0 radical (unpaired) electrons. The van der Waals surface area contributed by atoms with Crippen LogP contribution in [-0.2, 0) is 0 Å². The molecule has 0 aliphatic carbocycles. The summed E-state index contributed by atoms with van der Waals surface area (Å²) in [6.07, 6.45) is 14.8. The van der Waals surface area contributed by atoms with E-state index < -0.39 is 0 Å². The van der Waals surface area contributed by atoms with E-state index in [1.807, 2.05) is 0 Å². The lowest BCUT2D eigenvalue weighted by atomic mass is 10.2. The van der Waals surface area contributed by atoms with Gasteiger partial charge in [-0.3, -0.25) is 0 Å². The molecule has 0 aromatic carbocycles. The standard InChI is InChI=1S/2C7H15NO/c2*1-2-3-4-5-6-7-8-9/h2*7,9H,2-6H2,1H3. The van der Waals surface area contributed by atoms with Crippen LogP contribution in [0.5, 0.6) is 0 Å². The third-order valence-corrected chi connectivity index (χ3v) is 2.54.